The Labute approximate surface area is 244 Å². The zero-order chi connectivity index (χ0) is 29.9. The molecular formula is C31H37N7O4. The molecule has 1 aliphatic heterocycles. The van der Waals surface area contributed by atoms with Gasteiger partial charge in [0.05, 0.1) is 6.04 Å². The third-order valence-electron chi connectivity index (χ3n) is 7.18. The second-order valence-electron chi connectivity index (χ2n) is 10.3. The lowest BCUT2D eigenvalue weighted by Crippen LogP contribution is -2.56. The van der Waals surface area contributed by atoms with Gasteiger partial charge >= 0.3 is 0 Å². The molecule has 3 atom stereocenters. The minimum atomic E-state index is -1.08. The van der Waals surface area contributed by atoms with Crippen LogP contribution in [-0.4, -0.2) is 60.8 Å². The van der Waals surface area contributed by atoms with Crippen LogP contribution in [0, 0.1) is 5.41 Å². The quantitative estimate of drug-likeness (QED) is 0.0973. The molecular weight excluding hydrogens is 534 g/mol. The molecule has 0 bridgehead atoms. The fraction of sp³-hybridized carbons (Fsp3) is 0.323. The van der Waals surface area contributed by atoms with E-state index in [0.717, 1.165) is 23.9 Å². The first-order valence-corrected chi connectivity index (χ1v) is 14.1. The molecule has 4 amide bonds. The van der Waals surface area contributed by atoms with Crippen molar-refractivity contribution in [2.45, 2.75) is 50.2 Å². The Morgan fingerprint density at radius 1 is 0.905 bits per heavy atom. The fourth-order valence-corrected chi connectivity index (χ4v) is 5.00. The first-order chi connectivity index (χ1) is 20.3. The van der Waals surface area contributed by atoms with E-state index in [1.54, 1.807) is 18.2 Å². The van der Waals surface area contributed by atoms with E-state index in [9.17, 15) is 19.2 Å². The molecule has 42 heavy (non-hydrogen) atoms. The number of hydrogen-bond acceptors (Lipinski definition) is 6. The van der Waals surface area contributed by atoms with Gasteiger partial charge in [0.1, 0.15) is 12.1 Å². The van der Waals surface area contributed by atoms with Crippen LogP contribution in [0.2, 0.25) is 0 Å². The Bertz CT molecular complexity index is 1420. The van der Waals surface area contributed by atoms with Crippen molar-refractivity contribution in [2.75, 3.05) is 13.1 Å². The Kier molecular flexibility index (Phi) is 10.6. The molecule has 3 aromatic rings. The number of amides is 4. The smallest absolute Gasteiger partial charge is 0.258 e. The van der Waals surface area contributed by atoms with E-state index in [1.807, 2.05) is 54.6 Å². The van der Waals surface area contributed by atoms with Gasteiger partial charge in [-0.3, -0.25) is 29.9 Å². The van der Waals surface area contributed by atoms with Crippen molar-refractivity contribution in [1.29, 1.82) is 5.41 Å². The van der Waals surface area contributed by atoms with Crippen LogP contribution in [0.4, 0.5) is 0 Å². The zero-order valence-corrected chi connectivity index (χ0v) is 23.3. The summed E-state index contributed by atoms with van der Waals surface area (Å²) in [6.07, 6.45) is 2.31. The summed E-state index contributed by atoms with van der Waals surface area (Å²) < 4.78 is 0. The molecule has 220 valence electrons. The first kappa shape index (κ1) is 30.2. The van der Waals surface area contributed by atoms with Gasteiger partial charge in [-0.05, 0) is 54.6 Å². The van der Waals surface area contributed by atoms with Crippen molar-refractivity contribution in [3.8, 4) is 0 Å². The summed E-state index contributed by atoms with van der Waals surface area (Å²) in [6, 6.07) is 19.5. The van der Waals surface area contributed by atoms with Crippen LogP contribution in [-0.2, 0) is 20.8 Å². The average molecular weight is 572 g/mol. The zero-order valence-electron chi connectivity index (χ0n) is 23.3. The van der Waals surface area contributed by atoms with Gasteiger partial charge in [-0.1, -0.05) is 66.7 Å². The molecule has 1 aliphatic rings. The van der Waals surface area contributed by atoms with Crippen molar-refractivity contribution in [3.63, 3.8) is 0 Å². The third kappa shape index (κ3) is 8.37. The largest absolute Gasteiger partial charge is 0.370 e. The Balaban J connectivity index is 1.50. The number of imide groups is 1. The summed E-state index contributed by atoms with van der Waals surface area (Å²) in [5.41, 5.74) is 6.55. The summed E-state index contributed by atoms with van der Waals surface area (Å²) in [6.45, 7) is 1.03. The monoisotopic (exact) mass is 571 g/mol. The van der Waals surface area contributed by atoms with Crippen molar-refractivity contribution in [1.82, 2.24) is 26.6 Å². The van der Waals surface area contributed by atoms with Crippen molar-refractivity contribution in [3.05, 3.63) is 83.9 Å². The molecule has 8 N–H and O–H groups in total. The highest BCUT2D eigenvalue weighted by Gasteiger charge is 2.30. The summed E-state index contributed by atoms with van der Waals surface area (Å²) >= 11 is 0. The third-order valence-corrected chi connectivity index (χ3v) is 7.18. The molecule has 11 nitrogen and oxygen atoms in total. The van der Waals surface area contributed by atoms with Crippen LogP contribution in [0.5, 0.6) is 0 Å². The van der Waals surface area contributed by atoms with Gasteiger partial charge in [0.2, 0.25) is 17.7 Å². The highest BCUT2D eigenvalue weighted by molar-refractivity contribution is 6.13. The molecule has 0 spiro atoms. The van der Waals surface area contributed by atoms with Gasteiger partial charge in [0, 0.05) is 18.5 Å². The van der Waals surface area contributed by atoms with Gasteiger partial charge in [-0.2, -0.15) is 0 Å². The molecule has 0 radical (unpaired) electrons. The number of nitrogens with two attached hydrogens (primary N) is 1. The predicted octanol–water partition coefficient (Wildman–Crippen LogP) is 1.32. The fourth-order valence-electron chi connectivity index (χ4n) is 5.00. The lowest BCUT2D eigenvalue weighted by molar-refractivity contribution is -0.132. The maximum Gasteiger partial charge on any atom is 0.258 e. The normalized spacial score (nSPS) is 15.8. The van der Waals surface area contributed by atoms with Crippen LogP contribution in [0.25, 0.3) is 10.8 Å². The minimum absolute atomic E-state index is 0.164. The lowest BCUT2D eigenvalue weighted by atomic mass is 10.0. The van der Waals surface area contributed by atoms with Crippen molar-refractivity contribution < 1.29 is 19.2 Å². The first-order valence-electron chi connectivity index (χ1n) is 14.1. The number of carbonyl (C=O) groups is 4. The molecule has 0 saturated carbocycles. The van der Waals surface area contributed by atoms with E-state index >= 15 is 0 Å². The van der Waals surface area contributed by atoms with Gasteiger partial charge in [0.15, 0.2) is 5.96 Å². The van der Waals surface area contributed by atoms with E-state index in [4.69, 9.17) is 11.1 Å². The van der Waals surface area contributed by atoms with Crippen LogP contribution >= 0.6 is 0 Å². The number of hydrogen-bond donors (Lipinski definition) is 7. The molecule has 1 heterocycles. The van der Waals surface area contributed by atoms with E-state index < -0.39 is 29.8 Å². The molecule has 1 saturated heterocycles. The Morgan fingerprint density at radius 3 is 2.38 bits per heavy atom. The van der Waals surface area contributed by atoms with Crippen LogP contribution < -0.4 is 32.3 Å². The number of guanidine groups is 1. The lowest BCUT2D eigenvalue weighted by Gasteiger charge is -2.24. The van der Waals surface area contributed by atoms with E-state index in [-0.39, 0.29) is 30.8 Å². The Morgan fingerprint density at radius 2 is 1.64 bits per heavy atom. The minimum Gasteiger partial charge on any atom is -0.370 e. The van der Waals surface area contributed by atoms with Gasteiger partial charge < -0.3 is 27.0 Å². The van der Waals surface area contributed by atoms with E-state index in [0.29, 0.717) is 30.3 Å². The standard InChI is InChI=1S/C31H37N7O4/c32-31(33)35-18-8-16-25(29(41)38-27(39)23-14-6-12-21-11-4-5-13-22(21)23)36-30(42)26(19-20-9-2-1-3-10-20)37-28(40)24-15-7-17-34-24/h1-6,9-14,24-26,34H,7-8,15-19H2,(H,36,42)(H,37,40)(H4,32,33,35)(H,38,39,41)/t24-,25-,26-/m0/s1. The summed E-state index contributed by atoms with van der Waals surface area (Å²) in [7, 11) is 0. The maximum atomic E-state index is 13.6. The van der Waals surface area contributed by atoms with Crippen molar-refractivity contribution >= 4 is 40.4 Å². The van der Waals surface area contributed by atoms with Crippen LogP contribution in [0.1, 0.15) is 41.6 Å². The van der Waals surface area contributed by atoms with Crippen LogP contribution in [0.15, 0.2) is 72.8 Å². The number of nitrogens with one attached hydrogen (secondary N) is 6. The highest BCUT2D eigenvalue weighted by atomic mass is 16.2. The molecule has 1 fully saturated rings. The second-order valence-corrected chi connectivity index (χ2v) is 10.3. The number of benzene rings is 3. The molecule has 0 unspecified atom stereocenters. The maximum absolute atomic E-state index is 13.6. The van der Waals surface area contributed by atoms with Crippen LogP contribution in [0.3, 0.4) is 0 Å². The molecule has 4 rings (SSSR count). The van der Waals surface area contributed by atoms with Gasteiger partial charge in [-0.25, -0.2) is 0 Å². The SMILES string of the molecule is N=C(N)NCCC[C@H](NC(=O)[C@H](Cc1ccccc1)NC(=O)[C@@H]1CCCN1)C(=O)NC(=O)c1cccc2ccccc12. The van der Waals surface area contributed by atoms with Crippen molar-refractivity contribution in [2.24, 2.45) is 5.73 Å². The number of fused-ring (bicyclic) bond motifs is 1. The molecule has 0 aromatic heterocycles. The highest BCUT2D eigenvalue weighted by Crippen LogP contribution is 2.18. The second kappa shape index (κ2) is 14.7. The average Bonchev–Trinajstić information content (AvgIpc) is 3.54. The van der Waals surface area contributed by atoms with E-state index in [2.05, 4.69) is 26.6 Å². The number of rotatable bonds is 12. The molecule has 3 aromatic carbocycles. The Hall–Kier alpha value is -4.77. The van der Waals surface area contributed by atoms with Gasteiger partial charge in [-0.15, -0.1) is 0 Å². The summed E-state index contributed by atoms with van der Waals surface area (Å²) in [4.78, 5) is 53.1. The topological polar surface area (TPSA) is 178 Å². The summed E-state index contributed by atoms with van der Waals surface area (Å²) in [5.74, 6) is -2.29. The number of carbonyl (C=O) groups excluding carboxylic acids is 4. The van der Waals surface area contributed by atoms with E-state index in [1.165, 1.54) is 0 Å². The predicted molar refractivity (Wildman–Crippen MR) is 161 cm³/mol. The molecule has 0 aliphatic carbocycles. The molecule has 11 heteroatoms. The van der Waals surface area contributed by atoms with Gasteiger partial charge in [0.25, 0.3) is 5.91 Å². The summed E-state index contributed by atoms with van der Waals surface area (Å²) in [5, 5.41) is 22.8.